The van der Waals surface area contributed by atoms with E-state index in [2.05, 4.69) is 19.2 Å². The molecule has 3 heteroatoms. The Bertz CT molecular complexity index is 180. The summed E-state index contributed by atoms with van der Waals surface area (Å²) in [4.78, 5) is 10.8. The zero-order chi connectivity index (χ0) is 9.84. The van der Waals surface area contributed by atoms with Crippen LogP contribution in [0, 0.1) is 11.8 Å². The fraction of sp³-hybridized carbons (Fsp3) is 0.900. The van der Waals surface area contributed by atoms with Crippen LogP contribution < -0.4 is 5.32 Å². The van der Waals surface area contributed by atoms with E-state index in [1.807, 2.05) is 0 Å². The van der Waals surface area contributed by atoms with Crippen LogP contribution in [0.15, 0.2) is 0 Å². The minimum absolute atomic E-state index is 0.154. The molecular formula is C10H19NO2. The van der Waals surface area contributed by atoms with E-state index in [9.17, 15) is 4.79 Å². The van der Waals surface area contributed by atoms with Gasteiger partial charge < -0.3 is 10.4 Å². The largest absolute Gasteiger partial charge is 0.481 e. The Morgan fingerprint density at radius 1 is 1.62 bits per heavy atom. The standard InChI is InChI=1S/C10H19NO2/c1-7(2)3-4-9-8(10(12)13)5-6-11-9/h7-9,11H,3-6H2,1-2H3,(H,12,13). The van der Waals surface area contributed by atoms with Crippen molar-refractivity contribution in [1.82, 2.24) is 5.32 Å². The summed E-state index contributed by atoms with van der Waals surface area (Å²) in [5.74, 6) is -0.130. The van der Waals surface area contributed by atoms with E-state index < -0.39 is 5.97 Å². The molecule has 1 aliphatic heterocycles. The van der Waals surface area contributed by atoms with E-state index in [0.29, 0.717) is 5.92 Å². The van der Waals surface area contributed by atoms with Gasteiger partial charge in [0.05, 0.1) is 5.92 Å². The van der Waals surface area contributed by atoms with Crippen LogP contribution in [-0.4, -0.2) is 23.7 Å². The van der Waals surface area contributed by atoms with Crippen molar-refractivity contribution in [2.45, 2.75) is 39.2 Å². The molecule has 0 aromatic heterocycles. The Morgan fingerprint density at radius 2 is 2.31 bits per heavy atom. The normalized spacial score (nSPS) is 28.2. The fourth-order valence-corrected chi connectivity index (χ4v) is 1.88. The zero-order valence-electron chi connectivity index (χ0n) is 8.42. The molecule has 2 atom stereocenters. The van der Waals surface area contributed by atoms with Crippen molar-refractivity contribution >= 4 is 5.97 Å². The molecule has 1 aliphatic rings. The molecule has 1 saturated heterocycles. The summed E-state index contributed by atoms with van der Waals surface area (Å²) in [5.41, 5.74) is 0. The first-order valence-corrected chi connectivity index (χ1v) is 5.07. The number of carboxylic acids is 1. The second-order valence-corrected chi connectivity index (χ2v) is 4.27. The maximum atomic E-state index is 10.8. The molecule has 0 aliphatic carbocycles. The van der Waals surface area contributed by atoms with Gasteiger partial charge >= 0.3 is 5.97 Å². The summed E-state index contributed by atoms with van der Waals surface area (Å²) in [7, 11) is 0. The molecule has 2 N–H and O–H groups in total. The van der Waals surface area contributed by atoms with Gasteiger partial charge in [0, 0.05) is 6.04 Å². The van der Waals surface area contributed by atoms with Gasteiger partial charge in [-0.1, -0.05) is 13.8 Å². The van der Waals surface area contributed by atoms with Crippen molar-refractivity contribution in [3.63, 3.8) is 0 Å². The minimum Gasteiger partial charge on any atom is -0.481 e. The van der Waals surface area contributed by atoms with Crippen molar-refractivity contribution in [3.05, 3.63) is 0 Å². The molecule has 0 saturated carbocycles. The molecule has 0 radical (unpaired) electrons. The van der Waals surface area contributed by atoms with Gasteiger partial charge in [0.15, 0.2) is 0 Å². The SMILES string of the molecule is CC(C)CCC1NCCC1C(=O)O. The molecule has 0 aromatic carbocycles. The molecule has 0 bridgehead atoms. The van der Waals surface area contributed by atoms with Gasteiger partial charge in [0.25, 0.3) is 0 Å². The monoisotopic (exact) mass is 185 g/mol. The number of hydrogen-bond donors (Lipinski definition) is 2. The Kier molecular flexibility index (Phi) is 3.72. The molecule has 0 amide bonds. The quantitative estimate of drug-likeness (QED) is 0.697. The van der Waals surface area contributed by atoms with Gasteiger partial charge in [-0.05, 0) is 31.7 Å². The third kappa shape index (κ3) is 2.99. The van der Waals surface area contributed by atoms with Crippen LogP contribution in [0.1, 0.15) is 33.1 Å². The van der Waals surface area contributed by atoms with Crippen molar-refractivity contribution in [1.29, 1.82) is 0 Å². The molecular weight excluding hydrogens is 166 g/mol. The molecule has 2 unspecified atom stereocenters. The molecule has 0 aromatic rings. The van der Waals surface area contributed by atoms with E-state index in [4.69, 9.17) is 5.11 Å². The highest BCUT2D eigenvalue weighted by Gasteiger charge is 2.31. The van der Waals surface area contributed by atoms with Gasteiger partial charge in [-0.3, -0.25) is 4.79 Å². The smallest absolute Gasteiger partial charge is 0.308 e. The third-order valence-electron chi connectivity index (χ3n) is 2.72. The van der Waals surface area contributed by atoms with Crippen LogP contribution in [-0.2, 0) is 4.79 Å². The zero-order valence-corrected chi connectivity index (χ0v) is 8.42. The van der Waals surface area contributed by atoms with Crippen LogP contribution >= 0.6 is 0 Å². The van der Waals surface area contributed by atoms with Crippen LogP contribution in [0.4, 0.5) is 0 Å². The Morgan fingerprint density at radius 3 is 2.85 bits per heavy atom. The van der Waals surface area contributed by atoms with Crippen LogP contribution in [0.2, 0.25) is 0 Å². The van der Waals surface area contributed by atoms with E-state index in [1.165, 1.54) is 0 Å². The van der Waals surface area contributed by atoms with E-state index in [0.717, 1.165) is 25.8 Å². The molecule has 1 fully saturated rings. The second-order valence-electron chi connectivity index (χ2n) is 4.27. The highest BCUT2D eigenvalue weighted by molar-refractivity contribution is 5.71. The lowest BCUT2D eigenvalue weighted by atomic mass is 9.94. The molecule has 3 nitrogen and oxygen atoms in total. The van der Waals surface area contributed by atoms with Crippen LogP contribution in [0.5, 0.6) is 0 Å². The topological polar surface area (TPSA) is 49.3 Å². The maximum Gasteiger partial charge on any atom is 0.308 e. The maximum absolute atomic E-state index is 10.8. The van der Waals surface area contributed by atoms with Crippen LogP contribution in [0.25, 0.3) is 0 Å². The number of carbonyl (C=O) groups is 1. The summed E-state index contributed by atoms with van der Waals surface area (Å²) in [5, 5.41) is 12.2. The lowest BCUT2D eigenvalue weighted by Gasteiger charge is -2.16. The molecule has 1 heterocycles. The number of nitrogens with one attached hydrogen (secondary N) is 1. The van der Waals surface area contributed by atoms with Crippen molar-refractivity contribution in [2.24, 2.45) is 11.8 Å². The minimum atomic E-state index is -0.640. The highest BCUT2D eigenvalue weighted by Crippen LogP contribution is 2.21. The number of aliphatic carboxylic acids is 1. The van der Waals surface area contributed by atoms with Crippen molar-refractivity contribution in [2.75, 3.05) is 6.54 Å². The summed E-state index contributed by atoms with van der Waals surface area (Å²) < 4.78 is 0. The average molecular weight is 185 g/mol. The lowest BCUT2D eigenvalue weighted by molar-refractivity contribution is -0.142. The van der Waals surface area contributed by atoms with E-state index >= 15 is 0 Å². The van der Waals surface area contributed by atoms with Crippen molar-refractivity contribution < 1.29 is 9.90 Å². The molecule has 13 heavy (non-hydrogen) atoms. The third-order valence-corrected chi connectivity index (χ3v) is 2.72. The Labute approximate surface area is 79.5 Å². The van der Waals surface area contributed by atoms with Gasteiger partial charge in [0.1, 0.15) is 0 Å². The average Bonchev–Trinajstić information content (AvgIpc) is 2.47. The second kappa shape index (κ2) is 4.61. The van der Waals surface area contributed by atoms with Gasteiger partial charge in [-0.2, -0.15) is 0 Å². The van der Waals surface area contributed by atoms with Crippen LogP contribution in [0.3, 0.4) is 0 Å². The number of carboxylic acid groups (broad SMARTS) is 1. The summed E-state index contributed by atoms with van der Waals surface area (Å²) in [6, 6.07) is 0.208. The molecule has 76 valence electrons. The lowest BCUT2D eigenvalue weighted by Crippen LogP contribution is -2.31. The fourth-order valence-electron chi connectivity index (χ4n) is 1.88. The number of rotatable bonds is 4. The Hall–Kier alpha value is -0.570. The summed E-state index contributed by atoms with van der Waals surface area (Å²) in [6.45, 7) is 5.20. The molecule has 1 rings (SSSR count). The first-order chi connectivity index (χ1) is 6.11. The first-order valence-electron chi connectivity index (χ1n) is 5.07. The number of hydrogen-bond acceptors (Lipinski definition) is 2. The summed E-state index contributed by atoms with van der Waals surface area (Å²) >= 11 is 0. The first kappa shape index (κ1) is 10.5. The highest BCUT2D eigenvalue weighted by atomic mass is 16.4. The summed E-state index contributed by atoms with van der Waals surface area (Å²) in [6.07, 6.45) is 2.90. The van der Waals surface area contributed by atoms with E-state index in [-0.39, 0.29) is 12.0 Å². The predicted molar refractivity (Wildman–Crippen MR) is 51.6 cm³/mol. The van der Waals surface area contributed by atoms with Gasteiger partial charge in [-0.15, -0.1) is 0 Å². The molecule has 0 spiro atoms. The van der Waals surface area contributed by atoms with Crippen molar-refractivity contribution in [3.8, 4) is 0 Å². The predicted octanol–water partition coefficient (Wildman–Crippen LogP) is 1.49. The van der Waals surface area contributed by atoms with Gasteiger partial charge in [0.2, 0.25) is 0 Å². The Balaban J connectivity index is 2.35. The van der Waals surface area contributed by atoms with Gasteiger partial charge in [-0.25, -0.2) is 0 Å². The van der Waals surface area contributed by atoms with E-state index in [1.54, 1.807) is 0 Å².